The van der Waals surface area contributed by atoms with Gasteiger partial charge in [-0.1, -0.05) is 20.8 Å². The number of alkyl carbamates (subject to hydrolysis) is 1. The van der Waals surface area contributed by atoms with Gasteiger partial charge in [-0.05, 0) is 45.4 Å². The predicted molar refractivity (Wildman–Crippen MR) is 114 cm³/mol. The summed E-state index contributed by atoms with van der Waals surface area (Å²) in [5.74, 6) is -0.0698. The molecule has 2 aliphatic heterocycles. The van der Waals surface area contributed by atoms with Crippen molar-refractivity contribution < 1.29 is 18.5 Å². The molecule has 1 aromatic rings. The number of fused-ring (bicyclic) bond motifs is 2. The first-order valence-corrected chi connectivity index (χ1v) is 10.8. The lowest BCUT2D eigenvalue weighted by atomic mass is 9.85. The number of anilines is 1. The summed E-state index contributed by atoms with van der Waals surface area (Å²) in [6.07, 6.45) is -0.0857. The highest BCUT2D eigenvalue weighted by Crippen LogP contribution is 2.40. The number of hydrogen-bond acceptors (Lipinski definition) is 5. The van der Waals surface area contributed by atoms with Gasteiger partial charge in [0.05, 0.1) is 5.25 Å². The van der Waals surface area contributed by atoms with Crippen LogP contribution in [-0.2, 0) is 21.2 Å². The highest BCUT2D eigenvalue weighted by Gasteiger charge is 2.44. The van der Waals surface area contributed by atoms with E-state index >= 15 is 4.39 Å². The Morgan fingerprint density at radius 1 is 1.31 bits per heavy atom. The second kappa shape index (κ2) is 7.36. The summed E-state index contributed by atoms with van der Waals surface area (Å²) < 4.78 is 35.4. The number of amidine groups is 1. The number of ether oxygens (including phenoxy) is 1. The fourth-order valence-electron chi connectivity index (χ4n) is 3.58. The summed E-state index contributed by atoms with van der Waals surface area (Å²) >= 11 is 0. The molecule has 0 aromatic heterocycles. The topological polar surface area (TPSA) is 95.3 Å². The van der Waals surface area contributed by atoms with Crippen LogP contribution in [0.2, 0.25) is 0 Å². The summed E-state index contributed by atoms with van der Waals surface area (Å²) in [5, 5.41) is 5.47. The molecule has 0 saturated carbocycles. The largest absolute Gasteiger partial charge is 0.423 e. The van der Waals surface area contributed by atoms with Gasteiger partial charge < -0.3 is 14.6 Å². The van der Waals surface area contributed by atoms with Crippen molar-refractivity contribution in [2.75, 3.05) is 11.9 Å². The molecule has 0 radical (unpaired) electrons. The fourth-order valence-corrected chi connectivity index (χ4v) is 4.96. The summed E-state index contributed by atoms with van der Waals surface area (Å²) in [6.45, 7) is 11.4. The molecule has 0 saturated heterocycles. The van der Waals surface area contributed by atoms with Crippen LogP contribution in [0.1, 0.15) is 53.5 Å². The maximum absolute atomic E-state index is 15.1. The smallest absolute Gasteiger partial charge is 0.414 e. The van der Waals surface area contributed by atoms with Crippen LogP contribution >= 0.6 is 0 Å². The van der Waals surface area contributed by atoms with Crippen molar-refractivity contribution in [3.8, 4) is 0 Å². The van der Waals surface area contributed by atoms with Gasteiger partial charge in [0.2, 0.25) is 0 Å². The molecular weight excluding hydrogens is 395 g/mol. The maximum atomic E-state index is 15.1. The molecule has 1 aromatic carbocycles. The van der Waals surface area contributed by atoms with E-state index in [2.05, 4.69) is 15.0 Å². The normalized spacial score (nSPS) is 29.5. The molecule has 1 unspecified atom stereocenters. The molecule has 2 heterocycles. The van der Waals surface area contributed by atoms with Gasteiger partial charge in [0.1, 0.15) is 17.2 Å². The minimum absolute atomic E-state index is 0.338. The first-order valence-electron chi connectivity index (χ1n) is 9.60. The fraction of sp³-hybridized carbons (Fsp3) is 0.600. The first kappa shape index (κ1) is 21.7. The van der Waals surface area contributed by atoms with Crippen molar-refractivity contribution in [2.45, 2.75) is 64.5 Å². The molecule has 1 amide bonds. The Labute approximate surface area is 173 Å². The SMILES string of the molecule is CC1(C)Nc2ccc(F)c(c2)[C@](C)([C@@H]2CCN=S2O)N=C(C(C)(C)C)NC(=O)O1. The molecule has 0 spiro atoms. The van der Waals surface area contributed by atoms with Gasteiger partial charge in [-0.15, -0.1) is 0 Å². The molecule has 29 heavy (non-hydrogen) atoms. The van der Waals surface area contributed by atoms with Crippen LogP contribution < -0.4 is 10.6 Å². The Morgan fingerprint density at radius 2 is 2.00 bits per heavy atom. The Kier molecular flexibility index (Phi) is 5.51. The number of nitrogens with one attached hydrogen (secondary N) is 2. The van der Waals surface area contributed by atoms with E-state index < -0.39 is 44.8 Å². The van der Waals surface area contributed by atoms with E-state index in [0.29, 0.717) is 30.1 Å². The van der Waals surface area contributed by atoms with Crippen molar-refractivity contribution in [3.63, 3.8) is 0 Å². The number of aliphatic imine (C=N–C) groups is 1. The van der Waals surface area contributed by atoms with Gasteiger partial charge in [-0.3, -0.25) is 10.3 Å². The van der Waals surface area contributed by atoms with E-state index in [-0.39, 0.29) is 0 Å². The monoisotopic (exact) mass is 424 g/mol. The van der Waals surface area contributed by atoms with Crippen LogP contribution in [0.5, 0.6) is 0 Å². The molecule has 2 aliphatic rings. The van der Waals surface area contributed by atoms with Crippen LogP contribution in [0.3, 0.4) is 0 Å². The van der Waals surface area contributed by atoms with E-state index in [0.717, 1.165) is 0 Å². The molecule has 7 nitrogen and oxygen atoms in total. The molecule has 3 atom stereocenters. The standard InChI is InChI=1S/C20H29FN4O3S/c1-18(2,3)16-23-17(26)28-19(4,5)24-12-7-8-14(21)13(11-12)20(6,25-16)15-9-10-22-29(15)27/h7-8,11,15,24H,9-10H2,1-6H3,(H,22,27)(H,23,25,26)/t15-,20+,29?/m0/s1. The van der Waals surface area contributed by atoms with Gasteiger partial charge in [-0.25, -0.2) is 13.5 Å². The molecule has 9 heteroatoms. The number of hydrogen-bond donors (Lipinski definition) is 3. The molecule has 0 fully saturated rings. The van der Waals surface area contributed by atoms with Gasteiger partial charge in [0, 0.05) is 34.2 Å². The number of nitrogens with zero attached hydrogens (tertiary/aromatic N) is 2. The summed E-state index contributed by atoms with van der Waals surface area (Å²) in [7, 11) is -1.27. The number of benzene rings is 1. The second-order valence-corrected chi connectivity index (χ2v) is 10.5. The van der Waals surface area contributed by atoms with Crippen molar-refractivity contribution >= 4 is 28.6 Å². The van der Waals surface area contributed by atoms with Crippen molar-refractivity contribution in [1.82, 2.24) is 5.32 Å². The quantitative estimate of drug-likeness (QED) is 0.622. The third-order valence-corrected chi connectivity index (χ3v) is 6.73. The van der Waals surface area contributed by atoms with Crippen molar-refractivity contribution in [2.24, 2.45) is 14.8 Å². The zero-order valence-corrected chi connectivity index (χ0v) is 18.5. The summed E-state index contributed by atoms with van der Waals surface area (Å²) in [5.41, 5.74) is -1.79. The summed E-state index contributed by atoms with van der Waals surface area (Å²) in [6, 6.07) is 4.63. The molecule has 160 valence electrons. The Morgan fingerprint density at radius 3 is 2.59 bits per heavy atom. The third-order valence-electron chi connectivity index (χ3n) is 5.08. The lowest BCUT2D eigenvalue weighted by Gasteiger charge is -2.35. The number of halogens is 1. The minimum atomic E-state index is -1.27. The van der Waals surface area contributed by atoms with E-state index in [1.165, 1.54) is 6.07 Å². The molecule has 3 N–H and O–H groups in total. The number of cyclic esters (lactones) is 1. The average Bonchev–Trinajstić information content (AvgIpc) is 3.00. The highest BCUT2D eigenvalue weighted by molar-refractivity contribution is 7.82. The molecule has 2 bridgehead atoms. The predicted octanol–water partition coefficient (Wildman–Crippen LogP) is 4.42. The minimum Gasteiger partial charge on any atom is -0.423 e. The van der Waals surface area contributed by atoms with Crippen LogP contribution in [0.25, 0.3) is 0 Å². The first-order chi connectivity index (χ1) is 13.3. The molecule has 0 aliphatic carbocycles. The number of amides is 1. The van der Waals surface area contributed by atoms with Crippen LogP contribution in [0, 0.1) is 11.2 Å². The number of carbonyl (C=O) groups excluding carboxylic acids is 1. The third kappa shape index (κ3) is 4.45. The van der Waals surface area contributed by atoms with Crippen molar-refractivity contribution in [1.29, 1.82) is 0 Å². The second-order valence-electron chi connectivity index (χ2n) is 9.12. The Hall–Kier alpha value is -2.00. The van der Waals surface area contributed by atoms with Gasteiger partial charge in [-0.2, -0.15) is 0 Å². The maximum Gasteiger partial charge on any atom is 0.414 e. The van der Waals surface area contributed by atoms with E-state index in [1.807, 2.05) is 20.8 Å². The Balaban J connectivity index is 2.30. The lowest BCUT2D eigenvalue weighted by Crippen LogP contribution is -2.47. The van der Waals surface area contributed by atoms with E-state index in [9.17, 15) is 9.35 Å². The van der Waals surface area contributed by atoms with Crippen LogP contribution in [0.4, 0.5) is 14.9 Å². The molecular formula is C20H29FN4O3S. The van der Waals surface area contributed by atoms with Gasteiger partial charge in [0.15, 0.2) is 5.72 Å². The van der Waals surface area contributed by atoms with Gasteiger partial charge >= 0.3 is 6.09 Å². The number of carbonyl (C=O) groups is 1. The van der Waals surface area contributed by atoms with E-state index in [4.69, 9.17) is 9.73 Å². The zero-order chi connectivity index (χ0) is 21.6. The van der Waals surface area contributed by atoms with E-state index in [1.54, 1.807) is 32.9 Å². The highest BCUT2D eigenvalue weighted by atomic mass is 32.2. The van der Waals surface area contributed by atoms with Crippen LogP contribution in [-0.4, -0.2) is 34.0 Å². The van der Waals surface area contributed by atoms with Crippen molar-refractivity contribution in [3.05, 3.63) is 29.6 Å². The lowest BCUT2D eigenvalue weighted by molar-refractivity contribution is 0.0623. The average molecular weight is 425 g/mol. The Bertz CT molecular complexity index is 894. The van der Waals surface area contributed by atoms with Gasteiger partial charge in [0.25, 0.3) is 0 Å². The summed E-state index contributed by atoms with van der Waals surface area (Å²) in [4.78, 5) is 17.5. The zero-order valence-electron chi connectivity index (χ0n) is 17.7. The number of rotatable bonds is 1. The van der Waals surface area contributed by atoms with Crippen LogP contribution in [0.15, 0.2) is 27.6 Å². The molecule has 3 rings (SSSR count).